The molecule has 0 aromatic heterocycles. The summed E-state index contributed by atoms with van der Waals surface area (Å²) in [4.78, 5) is 12.6. The lowest BCUT2D eigenvalue weighted by Crippen LogP contribution is -2.50. The first-order valence-electron chi connectivity index (χ1n) is 14.7. The van der Waals surface area contributed by atoms with Crippen molar-refractivity contribution < 1.29 is 4.79 Å². The summed E-state index contributed by atoms with van der Waals surface area (Å²) in [6.45, 7) is 11.6. The SMILES string of the molecule is CCCCCCCC[C@H]1CC[C@H]2[C@@H]3CC=C4C[C@@H](SC(=O)C(C)(C)Br)CC[C@]4(C)[C@H]3CC[C@]12C. The molecule has 0 heterocycles. The Balaban J connectivity index is 1.38. The molecule has 1 nitrogen and oxygen atoms in total. The number of fused-ring (bicyclic) bond motifs is 5. The summed E-state index contributed by atoms with van der Waals surface area (Å²) in [6, 6.07) is 0. The number of hydrogen-bond acceptors (Lipinski definition) is 2. The molecule has 0 aromatic carbocycles. The summed E-state index contributed by atoms with van der Waals surface area (Å²) >= 11 is 5.19. The van der Waals surface area contributed by atoms with Gasteiger partial charge >= 0.3 is 0 Å². The Morgan fingerprint density at radius 3 is 2.50 bits per heavy atom. The van der Waals surface area contributed by atoms with Crippen LogP contribution in [0.3, 0.4) is 0 Å². The molecule has 34 heavy (non-hydrogen) atoms. The number of unbranched alkanes of at least 4 members (excludes halogenated alkanes) is 5. The van der Waals surface area contributed by atoms with Crippen molar-refractivity contribution in [3.05, 3.63) is 11.6 Å². The van der Waals surface area contributed by atoms with Gasteiger partial charge in [-0.15, -0.1) is 0 Å². The van der Waals surface area contributed by atoms with E-state index in [0.29, 0.717) is 21.2 Å². The normalized spacial score (nSPS) is 39.7. The van der Waals surface area contributed by atoms with E-state index in [2.05, 4.69) is 42.8 Å². The molecule has 0 amide bonds. The van der Waals surface area contributed by atoms with E-state index in [0.717, 1.165) is 30.1 Å². The van der Waals surface area contributed by atoms with Gasteiger partial charge in [-0.2, -0.15) is 0 Å². The van der Waals surface area contributed by atoms with Crippen LogP contribution in [0.25, 0.3) is 0 Å². The van der Waals surface area contributed by atoms with Crippen molar-refractivity contribution in [3.63, 3.8) is 0 Å². The first-order chi connectivity index (χ1) is 16.1. The molecule has 7 atom stereocenters. The van der Waals surface area contributed by atoms with Gasteiger partial charge in [0.15, 0.2) is 0 Å². The Morgan fingerprint density at radius 2 is 1.76 bits per heavy atom. The summed E-state index contributed by atoms with van der Waals surface area (Å²) in [6.07, 6.45) is 23.6. The van der Waals surface area contributed by atoms with Gasteiger partial charge in [0.2, 0.25) is 5.12 Å². The second kappa shape index (κ2) is 10.9. The van der Waals surface area contributed by atoms with Crippen LogP contribution in [0.4, 0.5) is 0 Å². The van der Waals surface area contributed by atoms with Crippen molar-refractivity contribution in [3.8, 4) is 0 Å². The van der Waals surface area contributed by atoms with E-state index >= 15 is 0 Å². The first-order valence-corrected chi connectivity index (χ1v) is 16.4. The first kappa shape index (κ1) is 27.3. The zero-order valence-corrected chi connectivity index (χ0v) is 25.2. The van der Waals surface area contributed by atoms with Crippen molar-refractivity contribution in [2.45, 2.75) is 141 Å². The second-order valence-electron chi connectivity index (χ2n) is 13.4. The third-order valence-corrected chi connectivity index (χ3v) is 13.0. The van der Waals surface area contributed by atoms with Crippen LogP contribution in [0.2, 0.25) is 0 Å². The quantitative estimate of drug-likeness (QED) is 0.161. The molecular weight excluding hydrogens is 500 g/mol. The van der Waals surface area contributed by atoms with Crippen molar-refractivity contribution in [2.75, 3.05) is 0 Å². The lowest BCUT2D eigenvalue weighted by Gasteiger charge is -2.58. The molecule has 4 rings (SSSR count). The number of carbonyl (C=O) groups is 1. The largest absolute Gasteiger partial charge is 0.286 e. The summed E-state index contributed by atoms with van der Waals surface area (Å²) in [5.74, 6) is 3.73. The van der Waals surface area contributed by atoms with Gasteiger partial charge in [0.05, 0.1) is 4.32 Å². The minimum Gasteiger partial charge on any atom is -0.286 e. The van der Waals surface area contributed by atoms with E-state index in [4.69, 9.17) is 0 Å². The van der Waals surface area contributed by atoms with Gasteiger partial charge in [-0.25, -0.2) is 0 Å². The van der Waals surface area contributed by atoms with Crippen LogP contribution in [-0.4, -0.2) is 14.7 Å². The molecule has 194 valence electrons. The van der Waals surface area contributed by atoms with Crippen LogP contribution in [0.1, 0.15) is 131 Å². The third-order valence-electron chi connectivity index (χ3n) is 10.9. The Bertz CT molecular complexity index is 753. The zero-order chi connectivity index (χ0) is 24.6. The van der Waals surface area contributed by atoms with Gasteiger partial charge in [0.25, 0.3) is 0 Å². The van der Waals surface area contributed by atoms with Crippen LogP contribution in [-0.2, 0) is 4.79 Å². The Labute approximate surface area is 223 Å². The highest BCUT2D eigenvalue weighted by Crippen LogP contribution is 2.67. The monoisotopic (exact) mass is 550 g/mol. The van der Waals surface area contributed by atoms with Crippen molar-refractivity contribution >= 4 is 32.8 Å². The minimum absolute atomic E-state index is 0.297. The van der Waals surface area contributed by atoms with Crippen LogP contribution in [0.5, 0.6) is 0 Å². The van der Waals surface area contributed by atoms with Crippen LogP contribution in [0, 0.1) is 34.5 Å². The lowest BCUT2D eigenvalue weighted by molar-refractivity contribution is -0.112. The second-order valence-corrected chi connectivity index (χ2v) is 16.6. The van der Waals surface area contributed by atoms with Crippen molar-refractivity contribution in [1.29, 1.82) is 0 Å². The van der Waals surface area contributed by atoms with Crippen molar-refractivity contribution in [1.82, 2.24) is 0 Å². The molecule has 4 aliphatic carbocycles. The molecule has 3 fully saturated rings. The fourth-order valence-electron chi connectivity index (χ4n) is 8.77. The molecule has 0 spiro atoms. The standard InChI is InChI=1S/C31H51BrOS/c1-6-7-8-9-10-11-12-22-14-16-26-25-15-13-23-21-24(34-28(33)29(2,3)32)17-19-31(23,5)27(25)18-20-30(22,26)4/h13,22,24-27H,6-12,14-21H2,1-5H3/t22-,24-,25-,26-,27-,30+,31-/m0/s1. The molecular formula is C31H51BrOS. The van der Waals surface area contributed by atoms with Crippen LogP contribution < -0.4 is 0 Å². The van der Waals surface area contributed by atoms with E-state index < -0.39 is 4.32 Å². The van der Waals surface area contributed by atoms with Gasteiger partial charge in [0, 0.05) is 5.25 Å². The smallest absolute Gasteiger partial charge is 0.205 e. The van der Waals surface area contributed by atoms with Gasteiger partial charge in [-0.1, -0.05) is 98.6 Å². The maximum Gasteiger partial charge on any atom is 0.205 e. The van der Waals surface area contributed by atoms with E-state index in [9.17, 15) is 4.79 Å². The highest BCUT2D eigenvalue weighted by molar-refractivity contribution is 9.10. The number of carbonyl (C=O) groups excluding carboxylic acids is 1. The molecule has 0 aromatic rings. The summed E-state index contributed by atoms with van der Waals surface area (Å²) in [5, 5.41) is 0.772. The van der Waals surface area contributed by atoms with E-state index in [1.54, 1.807) is 17.3 Å². The van der Waals surface area contributed by atoms with Gasteiger partial charge < -0.3 is 0 Å². The average Bonchev–Trinajstić information content (AvgIpc) is 3.12. The maximum atomic E-state index is 12.6. The fourth-order valence-corrected chi connectivity index (χ4v) is 10.1. The number of allylic oxidation sites excluding steroid dienone is 2. The zero-order valence-electron chi connectivity index (χ0n) is 22.8. The molecule has 4 aliphatic rings. The highest BCUT2D eigenvalue weighted by atomic mass is 79.9. The number of alkyl halides is 1. The van der Waals surface area contributed by atoms with E-state index in [1.807, 2.05) is 13.8 Å². The summed E-state index contributed by atoms with van der Waals surface area (Å²) < 4.78 is -0.410. The molecule has 3 heteroatoms. The van der Waals surface area contributed by atoms with Gasteiger partial charge in [0.1, 0.15) is 0 Å². The van der Waals surface area contributed by atoms with E-state index in [1.165, 1.54) is 89.9 Å². The highest BCUT2D eigenvalue weighted by Gasteiger charge is 2.58. The molecule has 0 N–H and O–H groups in total. The molecule has 0 aliphatic heterocycles. The predicted molar refractivity (Wildman–Crippen MR) is 153 cm³/mol. The lowest BCUT2D eigenvalue weighted by atomic mass is 9.47. The Kier molecular flexibility index (Phi) is 8.76. The number of hydrogen-bond donors (Lipinski definition) is 0. The van der Waals surface area contributed by atoms with Crippen LogP contribution >= 0.6 is 27.7 Å². The summed E-state index contributed by atoms with van der Waals surface area (Å²) in [5.41, 5.74) is 2.71. The summed E-state index contributed by atoms with van der Waals surface area (Å²) in [7, 11) is 0. The predicted octanol–water partition coefficient (Wildman–Crippen LogP) is 10.1. The van der Waals surface area contributed by atoms with Crippen molar-refractivity contribution in [2.24, 2.45) is 34.5 Å². The van der Waals surface area contributed by atoms with Crippen LogP contribution in [0.15, 0.2) is 11.6 Å². The fraction of sp³-hybridized carbons (Fsp3) is 0.903. The number of thioether (sulfide) groups is 1. The molecule has 0 unspecified atom stereocenters. The molecule has 0 radical (unpaired) electrons. The Hall–Kier alpha value is 0.240. The topological polar surface area (TPSA) is 17.1 Å². The van der Waals surface area contributed by atoms with Gasteiger partial charge in [-0.3, -0.25) is 4.79 Å². The molecule has 0 bridgehead atoms. The number of halogens is 1. The van der Waals surface area contributed by atoms with E-state index in [-0.39, 0.29) is 0 Å². The number of rotatable bonds is 9. The maximum absolute atomic E-state index is 12.6. The third kappa shape index (κ3) is 5.41. The minimum atomic E-state index is -0.410. The Morgan fingerprint density at radius 1 is 1.03 bits per heavy atom. The van der Waals surface area contributed by atoms with Gasteiger partial charge in [-0.05, 0) is 106 Å². The average molecular weight is 552 g/mol. The molecule has 0 saturated heterocycles. The molecule has 3 saturated carbocycles.